The molecule has 0 unspecified atom stereocenters. The fourth-order valence-corrected chi connectivity index (χ4v) is 2.74. The molecule has 0 bridgehead atoms. The molecule has 0 aromatic heterocycles. The van der Waals surface area contributed by atoms with Crippen molar-refractivity contribution in [2.24, 2.45) is 4.99 Å². The number of guanidine groups is 1. The second-order valence-corrected chi connectivity index (χ2v) is 6.10. The summed E-state index contributed by atoms with van der Waals surface area (Å²) in [4.78, 5) is 4.27. The molecule has 0 spiro atoms. The van der Waals surface area contributed by atoms with E-state index in [1.165, 1.54) is 5.56 Å². The largest absolute Gasteiger partial charge is 0.496 e. The van der Waals surface area contributed by atoms with Gasteiger partial charge in [0.25, 0.3) is 0 Å². The van der Waals surface area contributed by atoms with Crippen LogP contribution in [0, 0.1) is 6.92 Å². The number of aryl methyl sites for hydroxylation is 1. The normalized spacial score (nSPS) is 10.7. The van der Waals surface area contributed by atoms with Gasteiger partial charge in [0.1, 0.15) is 5.75 Å². The third kappa shape index (κ3) is 6.78. The van der Waals surface area contributed by atoms with Crippen LogP contribution in [0.25, 0.3) is 0 Å². The Morgan fingerprint density at radius 1 is 0.857 bits per heavy atom. The molecule has 0 heterocycles. The molecule has 28 heavy (non-hydrogen) atoms. The van der Waals surface area contributed by atoms with Crippen molar-refractivity contribution in [1.29, 1.82) is 0 Å². The Hall–Kier alpha value is -2.16. The Bertz CT molecular complexity index is 781. The maximum absolute atomic E-state index is 5.38. The third-order valence-corrected chi connectivity index (χ3v) is 4.31. The molecule has 0 aliphatic rings. The van der Waals surface area contributed by atoms with E-state index in [4.69, 9.17) is 14.2 Å². The minimum absolute atomic E-state index is 0. The van der Waals surface area contributed by atoms with E-state index in [0.717, 1.165) is 41.6 Å². The van der Waals surface area contributed by atoms with Crippen LogP contribution in [-0.4, -0.2) is 40.9 Å². The van der Waals surface area contributed by atoms with Gasteiger partial charge < -0.3 is 24.8 Å². The van der Waals surface area contributed by atoms with Crippen LogP contribution < -0.4 is 24.8 Å². The number of nitrogens with one attached hydrogen (secondary N) is 2. The molecule has 0 saturated carbocycles. The highest BCUT2D eigenvalue weighted by atomic mass is 127. The highest BCUT2D eigenvalue weighted by Crippen LogP contribution is 2.27. The van der Waals surface area contributed by atoms with Crippen LogP contribution in [0.4, 0.5) is 0 Å². The number of nitrogens with zero attached hydrogens (tertiary/aromatic N) is 1. The number of rotatable bonds is 8. The summed E-state index contributed by atoms with van der Waals surface area (Å²) in [5.41, 5.74) is 3.45. The lowest BCUT2D eigenvalue weighted by atomic mass is 10.1. The SMILES string of the molecule is CN=C(NCCc1ccc(C)c(OC)c1)NCc1ccc(OC)c(OC)c1.I. The topological polar surface area (TPSA) is 64.1 Å². The van der Waals surface area contributed by atoms with Crippen molar-refractivity contribution in [3.8, 4) is 17.2 Å². The average Bonchev–Trinajstić information content (AvgIpc) is 2.71. The third-order valence-electron chi connectivity index (χ3n) is 4.31. The van der Waals surface area contributed by atoms with E-state index < -0.39 is 0 Å². The van der Waals surface area contributed by atoms with Gasteiger partial charge in [-0.3, -0.25) is 4.99 Å². The molecular formula is C21H30IN3O3. The highest BCUT2D eigenvalue weighted by Gasteiger charge is 2.06. The minimum Gasteiger partial charge on any atom is -0.496 e. The first-order chi connectivity index (χ1) is 13.1. The van der Waals surface area contributed by atoms with Gasteiger partial charge in [0.2, 0.25) is 0 Å². The van der Waals surface area contributed by atoms with E-state index >= 15 is 0 Å². The predicted molar refractivity (Wildman–Crippen MR) is 125 cm³/mol. The van der Waals surface area contributed by atoms with Crippen molar-refractivity contribution in [2.45, 2.75) is 19.9 Å². The monoisotopic (exact) mass is 499 g/mol. The van der Waals surface area contributed by atoms with Crippen LogP contribution in [-0.2, 0) is 13.0 Å². The number of methoxy groups -OCH3 is 3. The molecule has 0 saturated heterocycles. The first-order valence-corrected chi connectivity index (χ1v) is 8.90. The second kappa shape index (κ2) is 12.3. The molecule has 2 aromatic carbocycles. The Labute approximate surface area is 184 Å². The zero-order valence-electron chi connectivity index (χ0n) is 17.2. The maximum Gasteiger partial charge on any atom is 0.191 e. The van der Waals surface area contributed by atoms with Gasteiger partial charge in [-0.1, -0.05) is 18.2 Å². The molecule has 0 fully saturated rings. The Morgan fingerprint density at radius 2 is 1.50 bits per heavy atom. The van der Waals surface area contributed by atoms with Gasteiger partial charge >= 0.3 is 0 Å². The standard InChI is InChI=1S/C21H29N3O3.HI/c1-15-6-7-16(12-19(15)26-4)10-11-23-21(22-2)24-14-17-8-9-18(25-3)20(13-17)27-5;/h6-9,12-13H,10-11,14H2,1-5H3,(H2,22,23,24);1H. The maximum atomic E-state index is 5.38. The van der Waals surface area contributed by atoms with E-state index in [9.17, 15) is 0 Å². The van der Waals surface area contributed by atoms with Gasteiger partial charge in [0, 0.05) is 20.1 Å². The fraction of sp³-hybridized carbons (Fsp3) is 0.381. The van der Waals surface area contributed by atoms with E-state index in [-0.39, 0.29) is 24.0 Å². The molecule has 0 amide bonds. The van der Waals surface area contributed by atoms with Gasteiger partial charge in [0.15, 0.2) is 17.5 Å². The predicted octanol–water partition coefficient (Wildman–Crippen LogP) is 3.55. The first-order valence-electron chi connectivity index (χ1n) is 8.90. The van der Waals surface area contributed by atoms with E-state index in [2.05, 4.69) is 33.8 Å². The summed E-state index contributed by atoms with van der Waals surface area (Å²) < 4.78 is 16.0. The molecule has 0 radical (unpaired) electrons. The lowest BCUT2D eigenvalue weighted by Gasteiger charge is -2.14. The molecule has 7 heteroatoms. The van der Waals surface area contributed by atoms with E-state index in [1.54, 1.807) is 28.4 Å². The average molecular weight is 499 g/mol. The van der Waals surface area contributed by atoms with E-state index in [1.807, 2.05) is 25.1 Å². The molecule has 6 nitrogen and oxygen atoms in total. The van der Waals surface area contributed by atoms with Crippen LogP contribution in [0.2, 0.25) is 0 Å². The van der Waals surface area contributed by atoms with Gasteiger partial charge in [-0.05, 0) is 48.2 Å². The first kappa shape index (κ1) is 23.9. The zero-order valence-corrected chi connectivity index (χ0v) is 19.5. The molecule has 0 atom stereocenters. The lowest BCUT2D eigenvalue weighted by molar-refractivity contribution is 0.354. The number of aliphatic imine (C=N–C) groups is 1. The van der Waals surface area contributed by atoms with Crippen LogP contribution in [0.1, 0.15) is 16.7 Å². The summed E-state index contributed by atoms with van der Waals surface area (Å²) in [5, 5.41) is 6.64. The Morgan fingerprint density at radius 3 is 2.14 bits per heavy atom. The van der Waals surface area contributed by atoms with Crippen molar-refractivity contribution in [3.05, 3.63) is 53.1 Å². The number of ether oxygens (including phenoxy) is 3. The quantitative estimate of drug-likeness (QED) is 0.331. The molecular weight excluding hydrogens is 469 g/mol. The molecule has 154 valence electrons. The van der Waals surface area contributed by atoms with Crippen molar-refractivity contribution in [2.75, 3.05) is 34.9 Å². The summed E-state index contributed by atoms with van der Waals surface area (Å²) in [6.45, 7) is 3.46. The zero-order chi connectivity index (χ0) is 19.6. The molecule has 0 aliphatic heterocycles. The minimum atomic E-state index is 0. The van der Waals surface area contributed by atoms with E-state index in [0.29, 0.717) is 12.3 Å². The van der Waals surface area contributed by atoms with Crippen LogP contribution in [0.3, 0.4) is 0 Å². The fourth-order valence-electron chi connectivity index (χ4n) is 2.74. The highest BCUT2D eigenvalue weighted by molar-refractivity contribution is 14.0. The van der Waals surface area contributed by atoms with Crippen molar-refractivity contribution >= 4 is 29.9 Å². The van der Waals surface area contributed by atoms with Gasteiger partial charge in [-0.25, -0.2) is 0 Å². The summed E-state index contributed by atoms with van der Waals surface area (Å²) in [6, 6.07) is 12.1. The van der Waals surface area contributed by atoms with Crippen LogP contribution in [0.15, 0.2) is 41.4 Å². The Balaban J connectivity index is 0.00000392. The Kier molecular flexibility index (Phi) is 10.5. The van der Waals surface area contributed by atoms with Crippen molar-refractivity contribution in [3.63, 3.8) is 0 Å². The number of hydrogen-bond acceptors (Lipinski definition) is 4. The van der Waals surface area contributed by atoms with Gasteiger partial charge in [-0.15, -0.1) is 24.0 Å². The van der Waals surface area contributed by atoms with Crippen molar-refractivity contribution in [1.82, 2.24) is 10.6 Å². The smallest absolute Gasteiger partial charge is 0.191 e. The summed E-state index contributed by atoms with van der Waals surface area (Å²) in [5.74, 6) is 3.11. The second-order valence-electron chi connectivity index (χ2n) is 6.10. The summed E-state index contributed by atoms with van der Waals surface area (Å²) in [7, 11) is 6.73. The molecule has 2 rings (SSSR count). The number of benzene rings is 2. The lowest BCUT2D eigenvalue weighted by Crippen LogP contribution is -2.37. The summed E-state index contributed by atoms with van der Waals surface area (Å²) >= 11 is 0. The van der Waals surface area contributed by atoms with Gasteiger partial charge in [0.05, 0.1) is 21.3 Å². The molecule has 0 aliphatic carbocycles. The van der Waals surface area contributed by atoms with Gasteiger partial charge in [-0.2, -0.15) is 0 Å². The number of halogens is 1. The molecule has 2 N–H and O–H groups in total. The number of hydrogen-bond donors (Lipinski definition) is 2. The summed E-state index contributed by atoms with van der Waals surface area (Å²) in [6.07, 6.45) is 0.883. The molecule has 2 aromatic rings. The van der Waals surface area contributed by atoms with Crippen LogP contribution in [0.5, 0.6) is 17.2 Å². The van der Waals surface area contributed by atoms with Crippen LogP contribution >= 0.6 is 24.0 Å². The van der Waals surface area contributed by atoms with Crippen molar-refractivity contribution < 1.29 is 14.2 Å².